The molecule has 0 aliphatic carbocycles. The average molecular weight is 288 g/mol. The van der Waals surface area contributed by atoms with Gasteiger partial charge in [0.25, 0.3) is 0 Å². The molecule has 1 aromatic heterocycles. The van der Waals surface area contributed by atoms with Gasteiger partial charge in [0.05, 0.1) is 6.04 Å². The Balaban J connectivity index is 2.16. The molecule has 1 atom stereocenters. The quantitative estimate of drug-likeness (QED) is 0.880. The van der Waals surface area contributed by atoms with Crippen molar-refractivity contribution in [3.8, 4) is 11.5 Å². The predicted octanol–water partition coefficient (Wildman–Crippen LogP) is 2.36. The second-order valence-corrected chi connectivity index (χ2v) is 5.50. The summed E-state index contributed by atoms with van der Waals surface area (Å²) in [5, 5.41) is 10.4. The maximum Gasteiger partial charge on any atom is 0.247 e. The molecule has 21 heavy (non-hydrogen) atoms. The van der Waals surface area contributed by atoms with E-state index in [1.807, 2.05) is 39.0 Å². The number of carbonyl (C=O) groups is 1. The van der Waals surface area contributed by atoms with Crippen LogP contribution in [0.2, 0.25) is 0 Å². The number of carbonyl (C=O) groups excluding carboxylic acids is 1. The number of hydrogen-bond acceptors (Lipinski definition) is 5. The summed E-state index contributed by atoms with van der Waals surface area (Å²) in [4.78, 5) is 12.1. The molecular formula is C15H20N4O2. The molecule has 6 heteroatoms. The highest BCUT2D eigenvalue weighted by Crippen LogP contribution is 2.24. The van der Waals surface area contributed by atoms with Crippen LogP contribution in [0.3, 0.4) is 0 Å². The van der Waals surface area contributed by atoms with E-state index in [9.17, 15) is 4.79 Å². The molecule has 112 valence electrons. The first-order chi connectivity index (χ1) is 9.97. The molecule has 0 bridgehead atoms. The number of anilines is 1. The fourth-order valence-corrected chi connectivity index (χ4v) is 2.03. The van der Waals surface area contributed by atoms with Crippen LogP contribution in [0.4, 0.5) is 5.69 Å². The van der Waals surface area contributed by atoms with Crippen LogP contribution >= 0.6 is 0 Å². The van der Waals surface area contributed by atoms with Crippen molar-refractivity contribution < 1.29 is 9.21 Å². The molecule has 0 fully saturated rings. The third kappa shape index (κ3) is 3.88. The summed E-state index contributed by atoms with van der Waals surface area (Å²) in [6, 6.07) is 5.05. The van der Waals surface area contributed by atoms with E-state index < -0.39 is 6.04 Å². The van der Waals surface area contributed by atoms with Gasteiger partial charge in [-0.2, -0.15) is 0 Å². The smallest absolute Gasteiger partial charge is 0.247 e. The van der Waals surface area contributed by atoms with E-state index in [0.29, 0.717) is 23.9 Å². The Morgan fingerprint density at radius 1 is 1.43 bits per heavy atom. The van der Waals surface area contributed by atoms with E-state index in [1.165, 1.54) is 6.39 Å². The van der Waals surface area contributed by atoms with Gasteiger partial charge >= 0.3 is 0 Å². The van der Waals surface area contributed by atoms with Crippen LogP contribution in [-0.4, -0.2) is 22.1 Å². The monoisotopic (exact) mass is 288 g/mol. The van der Waals surface area contributed by atoms with Crippen molar-refractivity contribution in [2.75, 3.05) is 5.32 Å². The lowest BCUT2D eigenvalue weighted by Crippen LogP contribution is -2.36. The molecule has 0 saturated heterocycles. The van der Waals surface area contributed by atoms with Gasteiger partial charge in [0.15, 0.2) is 0 Å². The SMILES string of the molecule is Cc1ccc(-c2nnco2)cc1NC(=O)[C@H](N)CC(C)C. The topological polar surface area (TPSA) is 94.0 Å². The Labute approximate surface area is 123 Å². The molecule has 1 amide bonds. The van der Waals surface area contributed by atoms with Gasteiger partial charge in [-0.1, -0.05) is 19.9 Å². The number of rotatable bonds is 5. The van der Waals surface area contributed by atoms with Crippen LogP contribution in [0.1, 0.15) is 25.8 Å². The third-order valence-electron chi connectivity index (χ3n) is 3.16. The molecule has 0 spiro atoms. The molecule has 0 unspecified atom stereocenters. The maximum absolute atomic E-state index is 12.1. The lowest BCUT2D eigenvalue weighted by atomic mass is 10.0. The Bertz CT molecular complexity index is 608. The van der Waals surface area contributed by atoms with E-state index >= 15 is 0 Å². The largest absolute Gasteiger partial charge is 0.423 e. The van der Waals surface area contributed by atoms with Crippen LogP contribution in [-0.2, 0) is 4.79 Å². The van der Waals surface area contributed by atoms with Crippen LogP contribution < -0.4 is 11.1 Å². The highest BCUT2D eigenvalue weighted by atomic mass is 16.4. The first-order valence-corrected chi connectivity index (χ1v) is 6.91. The van der Waals surface area contributed by atoms with Gasteiger partial charge in [-0.05, 0) is 37.0 Å². The molecule has 2 aromatic rings. The fraction of sp³-hybridized carbons (Fsp3) is 0.400. The van der Waals surface area contributed by atoms with Crippen molar-refractivity contribution >= 4 is 11.6 Å². The normalized spacial score (nSPS) is 12.4. The number of nitrogens with two attached hydrogens (primary N) is 1. The summed E-state index contributed by atoms with van der Waals surface area (Å²) in [5.41, 5.74) is 8.30. The summed E-state index contributed by atoms with van der Waals surface area (Å²) in [7, 11) is 0. The third-order valence-corrected chi connectivity index (χ3v) is 3.16. The van der Waals surface area contributed by atoms with Crippen molar-refractivity contribution in [2.45, 2.75) is 33.2 Å². The van der Waals surface area contributed by atoms with E-state index in [1.54, 1.807) is 0 Å². The molecule has 0 aliphatic rings. The molecular weight excluding hydrogens is 268 g/mol. The first-order valence-electron chi connectivity index (χ1n) is 6.91. The van der Waals surface area contributed by atoms with Crippen molar-refractivity contribution in [3.05, 3.63) is 30.2 Å². The summed E-state index contributed by atoms with van der Waals surface area (Å²) in [6.45, 7) is 5.99. The Morgan fingerprint density at radius 2 is 2.19 bits per heavy atom. The number of aryl methyl sites for hydroxylation is 1. The molecule has 0 radical (unpaired) electrons. The minimum Gasteiger partial charge on any atom is -0.423 e. The van der Waals surface area contributed by atoms with Crippen molar-refractivity contribution in [2.24, 2.45) is 11.7 Å². The zero-order chi connectivity index (χ0) is 15.4. The number of nitrogens with zero attached hydrogens (tertiary/aromatic N) is 2. The summed E-state index contributed by atoms with van der Waals surface area (Å²) in [6.07, 6.45) is 1.92. The van der Waals surface area contributed by atoms with Gasteiger partial charge in [-0.3, -0.25) is 4.79 Å². The first kappa shape index (κ1) is 15.2. The second-order valence-electron chi connectivity index (χ2n) is 5.50. The number of nitrogens with one attached hydrogen (secondary N) is 1. The highest BCUT2D eigenvalue weighted by molar-refractivity contribution is 5.95. The van der Waals surface area contributed by atoms with Crippen LogP contribution in [0, 0.1) is 12.8 Å². The summed E-state index contributed by atoms with van der Waals surface area (Å²) >= 11 is 0. The van der Waals surface area contributed by atoms with Crippen molar-refractivity contribution in [1.82, 2.24) is 10.2 Å². The zero-order valence-corrected chi connectivity index (χ0v) is 12.5. The average Bonchev–Trinajstić information content (AvgIpc) is 2.94. The Morgan fingerprint density at radius 3 is 2.81 bits per heavy atom. The molecule has 2 rings (SSSR count). The Hall–Kier alpha value is -2.21. The molecule has 0 saturated carbocycles. The standard InChI is InChI=1S/C15H20N4O2/c1-9(2)6-12(16)14(20)18-13-7-11(5-4-10(13)3)15-19-17-8-21-15/h4-5,7-9,12H,6,16H2,1-3H3,(H,18,20)/t12-/m1/s1. The van der Waals surface area contributed by atoms with Gasteiger partial charge in [0.2, 0.25) is 18.2 Å². The predicted molar refractivity (Wildman–Crippen MR) is 80.5 cm³/mol. The van der Waals surface area contributed by atoms with Crippen molar-refractivity contribution in [1.29, 1.82) is 0 Å². The maximum atomic E-state index is 12.1. The van der Waals surface area contributed by atoms with E-state index in [2.05, 4.69) is 15.5 Å². The van der Waals surface area contributed by atoms with E-state index in [-0.39, 0.29) is 5.91 Å². The molecule has 1 aromatic carbocycles. The second kappa shape index (κ2) is 6.49. The lowest BCUT2D eigenvalue weighted by molar-refractivity contribution is -0.117. The molecule has 1 heterocycles. The Kier molecular flexibility index (Phi) is 4.70. The van der Waals surface area contributed by atoms with Crippen LogP contribution in [0.25, 0.3) is 11.5 Å². The van der Waals surface area contributed by atoms with E-state index in [0.717, 1.165) is 11.1 Å². The van der Waals surface area contributed by atoms with Crippen LogP contribution in [0.5, 0.6) is 0 Å². The van der Waals surface area contributed by atoms with Gasteiger partial charge in [-0.15, -0.1) is 10.2 Å². The minimum absolute atomic E-state index is 0.186. The number of benzene rings is 1. The summed E-state index contributed by atoms with van der Waals surface area (Å²) < 4.78 is 5.16. The van der Waals surface area contributed by atoms with E-state index in [4.69, 9.17) is 10.2 Å². The van der Waals surface area contributed by atoms with Crippen LogP contribution in [0.15, 0.2) is 29.0 Å². The van der Waals surface area contributed by atoms with Crippen molar-refractivity contribution in [3.63, 3.8) is 0 Å². The molecule has 0 aliphatic heterocycles. The lowest BCUT2D eigenvalue weighted by Gasteiger charge is -2.15. The summed E-state index contributed by atoms with van der Waals surface area (Å²) in [5.74, 6) is 0.600. The number of amides is 1. The highest BCUT2D eigenvalue weighted by Gasteiger charge is 2.16. The fourth-order valence-electron chi connectivity index (χ4n) is 2.03. The minimum atomic E-state index is -0.517. The van der Waals surface area contributed by atoms with Gasteiger partial charge < -0.3 is 15.5 Å². The number of hydrogen-bond donors (Lipinski definition) is 2. The van der Waals surface area contributed by atoms with Gasteiger partial charge in [0, 0.05) is 11.3 Å². The molecule has 3 N–H and O–H groups in total. The van der Waals surface area contributed by atoms with Gasteiger partial charge in [0.1, 0.15) is 0 Å². The number of aromatic nitrogens is 2. The van der Waals surface area contributed by atoms with Gasteiger partial charge in [-0.25, -0.2) is 0 Å². The zero-order valence-electron chi connectivity index (χ0n) is 12.5. The molecule has 6 nitrogen and oxygen atoms in total.